The lowest BCUT2D eigenvalue weighted by Crippen LogP contribution is -2.31. The highest BCUT2D eigenvalue weighted by Crippen LogP contribution is 2.26. The van der Waals surface area contributed by atoms with E-state index in [1.54, 1.807) is 0 Å². The molecule has 0 radical (unpaired) electrons. The van der Waals surface area contributed by atoms with Gasteiger partial charge in [0, 0.05) is 28.6 Å². The summed E-state index contributed by atoms with van der Waals surface area (Å²) in [5.74, 6) is 0. The second-order valence-corrected chi connectivity index (χ2v) is 5.41. The van der Waals surface area contributed by atoms with Crippen LogP contribution in [0, 0.1) is 0 Å². The van der Waals surface area contributed by atoms with E-state index < -0.39 is 0 Å². The lowest BCUT2D eigenvalue weighted by atomic mass is 10.1. The van der Waals surface area contributed by atoms with Crippen LogP contribution >= 0.6 is 15.9 Å². The number of halogens is 1. The maximum atomic E-state index is 9.18. The molecule has 0 aliphatic heterocycles. The zero-order valence-corrected chi connectivity index (χ0v) is 12.2. The van der Waals surface area contributed by atoms with Crippen LogP contribution in [0.1, 0.15) is 12.5 Å². The van der Waals surface area contributed by atoms with Crippen molar-refractivity contribution in [2.45, 2.75) is 19.5 Å². The third-order valence-corrected chi connectivity index (χ3v) is 3.93. The van der Waals surface area contributed by atoms with E-state index in [4.69, 9.17) is 0 Å². The van der Waals surface area contributed by atoms with Crippen LogP contribution < -0.4 is 0 Å². The zero-order valence-electron chi connectivity index (χ0n) is 10.6. The van der Waals surface area contributed by atoms with Gasteiger partial charge < -0.3 is 5.11 Å². The third kappa shape index (κ3) is 2.71. The van der Waals surface area contributed by atoms with E-state index >= 15 is 0 Å². The van der Waals surface area contributed by atoms with E-state index in [0.717, 1.165) is 21.9 Å². The highest BCUT2D eigenvalue weighted by Gasteiger charge is 2.11. The molecule has 0 aliphatic rings. The lowest BCUT2D eigenvalue weighted by molar-refractivity contribution is 0.154. The number of rotatable bonds is 4. The average molecular weight is 309 g/mol. The Bertz CT molecular complexity index is 544. The molecule has 0 amide bonds. The van der Waals surface area contributed by atoms with Crippen LogP contribution in [0.5, 0.6) is 0 Å². The standard InChI is InChI=1S/C14H17BrN2O/c1-10(9-18)17(2)8-11-5-6-13(15)12-4-3-7-16-14(11)12/h3-7,10,18H,8-9H2,1-2H3/t10-/m1/s1. The van der Waals surface area contributed by atoms with Crippen LogP contribution in [0.25, 0.3) is 10.9 Å². The summed E-state index contributed by atoms with van der Waals surface area (Å²) in [6, 6.07) is 8.28. The van der Waals surface area contributed by atoms with Crippen molar-refractivity contribution in [1.29, 1.82) is 0 Å². The minimum atomic E-state index is 0.146. The molecule has 1 heterocycles. The summed E-state index contributed by atoms with van der Waals surface area (Å²) in [4.78, 5) is 6.58. The monoisotopic (exact) mass is 308 g/mol. The molecule has 0 fully saturated rings. The molecule has 2 aromatic rings. The summed E-state index contributed by atoms with van der Waals surface area (Å²) in [5, 5.41) is 10.3. The van der Waals surface area contributed by atoms with E-state index in [9.17, 15) is 5.11 Å². The van der Waals surface area contributed by atoms with Crippen molar-refractivity contribution in [3.8, 4) is 0 Å². The number of hydrogen-bond donors (Lipinski definition) is 1. The minimum absolute atomic E-state index is 0.146. The molecular weight excluding hydrogens is 292 g/mol. The number of aliphatic hydroxyl groups excluding tert-OH is 1. The van der Waals surface area contributed by atoms with E-state index in [-0.39, 0.29) is 12.6 Å². The Morgan fingerprint density at radius 1 is 1.39 bits per heavy atom. The molecule has 18 heavy (non-hydrogen) atoms. The van der Waals surface area contributed by atoms with Crippen molar-refractivity contribution in [2.24, 2.45) is 0 Å². The first-order valence-electron chi connectivity index (χ1n) is 5.96. The molecule has 1 aromatic heterocycles. The molecule has 4 heteroatoms. The Kier molecular flexibility index (Phi) is 4.32. The highest BCUT2D eigenvalue weighted by molar-refractivity contribution is 9.10. The van der Waals surface area contributed by atoms with Crippen molar-refractivity contribution in [2.75, 3.05) is 13.7 Å². The van der Waals surface area contributed by atoms with Gasteiger partial charge in [-0.25, -0.2) is 0 Å². The first kappa shape index (κ1) is 13.5. The number of nitrogens with zero attached hydrogens (tertiary/aromatic N) is 2. The molecule has 96 valence electrons. The summed E-state index contributed by atoms with van der Waals surface area (Å²) in [6.07, 6.45) is 1.81. The molecule has 0 spiro atoms. The first-order valence-corrected chi connectivity index (χ1v) is 6.76. The molecular formula is C14H17BrN2O. The SMILES string of the molecule is C[C@H](CO)N(C)Cc1ccc(Br)c2cccnc12. The molecule has 0 saturated heterocycles. The number of hydrogen-bond acceptors (Lipinski definition) is 3. The Morgan fingerprint density at radius 3 is 2.89 bits per heavy atom. The molecule has 1 aromatic carbocycles. The average Bonchev–Trinajstić information content (AvgIpc) is 2.41. The molecule has 1 N–H and O–H groups in total. The molecule has 0 saturated carbocycles. The predicted octanol–water partition coefficient (Wildman–Crippen LogP) is 2.81. The van der Waals surface area contributed by atoms with Gasteiger partial charge in [-0.15, -0.1) is 0 Å². The smallest absolute Gasteiger partial charge is 0.0758 e. The summed E-state index contributed by atoms with van der Waals surface area (Å²) in [5.41, 5.74) is 2.19. The minimum Gasteiger partial charge on any atom is -0.395 e. The number of fused-ring (bicyclic) bond motifs is 1. The van der Waals surface area contributed by atoms with E-state index in [1.165, 1.54) is 5.56 Å². The van der Waals surface area contributed by atoms with Gasteiger partial charge in [-0.05, 0) is 31.7 Å². The zero-order chi connectivity index (χ0) is 13.1. The Labute approximate surface area is 116 Å². The van der Waals surface area contributed by atoms with Gasteiger partial charge in [-0.1, -0.05) is 28.1 Å². The fourth-order valence-electron chi connectivity index (χ4n) is 1.89. The van der Waals surface area contributed by atoms with Crippen molar-refractivity contribution in [1.82, 2.24) is 9.88 Å². The van der Waals surface area contributed by atoms with Gasteiger partial charge in [0.25, 0.3) is 0 Å². The molecule has 1 atom stereocenters. The van der Waals surface area contributed by atoms with Crippen molar-refractivity contribution in [3.05, 3.63) is 40.5 Å². The van der Waals surface area contributed by atoms with E-state index in [0.29, 0.717) is 0 Å². The summed E-state index contributed by atoms with van der Waals surface area (Å²) >= 11 is 3.55. The van der Waals surface area contributed by atoms with Crippen LogP contribution in [-0.2, 0) is 6.54 Å². The second-order valence-electron chi connectivity index (χ2n) is 4.55. The first-order chi connectivity index (χ1) is 8.63. The van der Waals surface area contributed by atoms with Crippen LogP contribution in [0.4, 0.5) is 0 Å². The normalized spacial score (nSPS) is 13.2. The second kappa shape index (κ2) is 5.78. The fourth-order valence-corrected chi connectivity index (χ4v) is 2.34. The van der Waals surface area contributed by atoms with Gasteiger partial charge in [0.1, 0.15) is 0 Å². The summed E-state index contributed by atoms with van der Waals surface area (Å²) in [6.45, 7) is 2.95. The van der Waals surface area contributed by atoms with Crippen LogP contribution in [-0.4, -0.2) is 34.7 Å². The quantitative estimate of drug-likeness (QED) is 0.943. The largest absolute Gasteiger partial charge is 0.395 e. The van der Waals surface area contributed by atoms with Crippen LogP contribution in [0.2, 0.25) is 0 Å². The molecule has 0 bridgehead atoms. The molecule has 0 aliphatic carbocycles. The van der Waals surface area contributed by atoms with Crippen LogP contribution in [0.3, 0.4) is 0 Å². The molecule has 2 rings (SSSR count). The summed E-state index contributed by atoms with van der Waals surface area (Å²) in [7, 11) is 2.01. The van der Waals surface area contributed by atoms with Gasteiger partial charge >= 0.3 is 0 Å². The van der Waals surface area contributed by atoms with Gasteiger partial charge in [0.15, 0.2) is 0 Å². The highest BCUT2D eigenvalue weighted by atomic mass is 79.9. The lowest BCUT2D eigenvalue weighted by Gasteiger charge is -2.23. The maximum Gasteiger partial charge on any atom is 0.0758 e. The maximum absolute atomic E-state index is 9.18. The van der Waals surface area contributed by atoms with Crippen molar-refractivity contribution >= 4 is 26.8 Å². The van der Waals surface area contributed by atoms with Crippen LogP contribution in [0.15, 0.2) is 34.9 Å². The number of aromatic nitrogens is 1. The third-order valence-electron chi connectivity index (χ3n) is 3.24. The number of pyridine rings is 1. The Morgan fingerprint density at radius 2 is 2.17 bits per heavy atom. The van der Waals surface area contributed by atoms with Gasteiger partial charge in [0.2, 0.25) is 0 Å². The van der Waals surface area contributed by atoms with E-state index in [1.807, 2.05) is 26.2 Å². The van der Waals surface area contributed by atoms with Crippen molar-refractivity contribution in [3.63, 3.8) is 0 Å². The fraction of sp³-hybridized carbons (Fsp3) is 0.357. The van der Waals surface area contributed by atoms with Gasteiger partial charge in [0.05, 0.1) is 12.1 Å². The van der Waals surface area contributed by atoms with E-state index in [2.05, 4.69) is 44.0 Å². The van der Waals surface area contributed by atoms with Gasteiger partial charge in [-0.2, -0.15) is 0 Å². The number of benzene rings is 1. The molecule has 3 nitrogen and oxygen atoms in total. The predicted molar refractivity (Wildman–Crippen MR) is 77.5 cm³/mol. The van der Waals surface area contributed by atoms with Gasteiger partial charge in [-0.3, -0.25) is 9.88 Å². The van der Waals surface area contributed by atoms with Crippen molar-refractivity contribution < 1.29 is 5.11 Å². The Balaban J connectivity index is 2.37. The number of aliphatic hydroxyl groups is 1. The number of likely N-dealkylation sites (N-methyl/N-ethyl adjacent to an activating group) is 1. The Hall–Kier alpha value is -0.970. The molecule has 0 unspecified atom stereocenters. The summed E-state index contributed by atoms with van der Waals surface area (Å²) < 4.78 is 1.06. The topological polar surface area (TPSA) is 36.4 Å².